The first-order valence-corrected chi connectivity index (χ1v) is 2.69. The van der Waals surface area contributed by atoms with Crippen LogP contribution in [0.1, 0.15) is 0 Å². The molecule has 0 aliphatic heterocycles. The Balaban J connectivity index is 2.92. The third-order valence-corrected chi connectivity index (χ3v) is 1.20. The summed E-state index contributed by atoms with van der Waals surface area (Å²) in [5, 5.41) is 0. The van der Waals surface area contributed by atoms with Gasteiger partial charge in [0.15, 0.2) is 0 Å². The highest BCUT2D eigenvalue weighted by Gasteiger charge is 1.99. The second-order valence-electron chi connectivity index (χ2n) is 1.16. The summed E-state index contributed by atoms with van der Waals surface area (Å²) in [6, 6.07) is 0. The lowest BCUT2D eigenvalue weighted by atomic mass is 10.7. The molecule has 1 rings (SSSR count). The van der Waals surface area contributed by atoms with Crippen LogP contribution >= 0.6 is 11.7 Å². The van der Waals surface area contributed by atoms with Gasteiger partial charge in [-0.15, -0.1) is 4.37 Å². The Morgan fingerprint density at radius 1 is 1.62 bits per heavy atom. The van der Waals surface area contributed by atoms with Crippen LogP contribution in [0.5, 0.6) is 5.88 Å². The molecule has 2 N–H and O–H groups in total. The van der Waals surface area contributed by atoms with Gasteiger partial charge in [0.2, 0.25) is 5.82 Å². The minimum Gasteiger partial charge on any atom is -0.478 e. The Hall–Kier alpha value is -0.840. The molecule has 0 spiro atoms. The van der Waals surface area contributed by atoms with E-state index in [0.717, 1.165) is 11.7 Å². The van der Waals surface area contributed by atoms with Crippen LogP contribution in [0.3, 0.4) is 0 Å². The first-order chi connectivity index (χ1) is 3.84. The maximum atomic E-state index is 5.26. The number of anilines is 1. The van der Waals surface area contributed by atoms with Crippen molar-refractivity contribution in [2.75, 3.05) is 12.8 Å². The fourth-order valence-corrected chi connectivity index (χ4v) is 0.778. The van der Waals surface area contributed by atoms with Crippen LogP contribution in [-0.4, -0.2) is 15.9 Å². The first-order valence-electron chi connectivity index (χ1n) is 1.96. The minimum absolute atomic E-state index is 0.359. The van der Waals surface area contributed by atoms with Crippen molar-refractivity contribution in [3.05, 3.63) is 0 Å². The summed E-state index contributed by atoms with van der Waals surface area (Å²) in [4.78, 5) is 0. The molecular formula is C3H5N3OS. The van der Waals surface area contributed by atoms with E-state index in [4.69, 9.17) is 10.5 Å². The molecule has 8 heavy (non-hydrogen) atoms. The molecule has 0 amide bonds. The Morgan fingerprint density at radius 2 is 2.38 bits per heavy atom. The Morgan fingerprint density at radius 3 is 2.62 bits per heavy atom. The van der Waals surface area contributed by atoms with Gasteiger partial charge in [-0.2, -0.15) is 4.37 Å². The van der Waals surface area contributed by atoms with Crippen molar-refractivity contribution in [3.8, 4) is 5.88 Å². The molecule has 44 valence electrons. The number of aromatic nitrogens is 2. The molecule has 0 unspecified atom stereocenters. The van der Waals surface area contributed by atoms with Gasteiger partial charge in [0.05, 0.1) is 18.8 Å². The average molecular weight is 131 g/mol. The lowest BCUT2D eigenvalue weighted by molar-refractivity contribution is 0.404. The van der Waals surface area contributed by atoms with Crippen molar-refractivity contribution in [1.82, 2.24) is 8.75 Å². The zero-order valence-electron chi connectivity index (χ0n) is 4.29. The second-order valence-corrected chi connectivity index (χ2v) is 1.69. The predicted octanol–water partition coefficient (Wildman–Crippen LogP) is 0.129. The number of hydrogen-bond acceptors (Lipinski definition) is 5. The quantitative estimate of drug-likeness (QED) is 0.588. The fraction of sp³-hybridized carbons (Fsp3) is 0.333. The van der Waals surface area contributed by atoms with Crippen LogP contribution in [0.4, 0.5) is 5.82 Å². The zero-order valence-corrected chi connectivity index (χ0v) is 5.10. The van der Waals surface area contributed by atoms with Gasteiger partial charge in [0.1, 0.15) is 0 Å². The van der Waals surface area contributed by atoms with E-state index in [1.807, 2.05) is 0 Å². The molecule has 5 heteroatoms. The summed E-state index contributed by atoms with van der Waals surface area (Å²) in [5.41, 5.74) is 5.26. The van der Waals surface area contributed by atoms with E-state index in [2.05, 4.69) is 8.75 Å². The van der Waals surface area contributed by atoms with E-state index in [1.165, 1.54) is 7.11 Å². The van der Waals surface area contributed by atoms with Crippen LogP contribution in [-0.2, 0) is 0 Å². The predicted molar refractivity (Wildman–Crippen MR) is 30.9 cm³/mol. The molecule has 0 saturated heterocycles. The van der Waals surface area contributed by atoms with E-state index < -0.39 is 0 Å². The summed E-state index contributed by atoms with van der Waals surface area (Å²) >= 11 is 1.04. The lowest BCUT2D eigenvalue weighted by Gasteiger charge is -1.88. The molecule has 0 atom stereocenters. The highest BCUT2D eigenvalue weighted by molar-refractivity contribution is 6.99. The van der Waals surface area contributed by atoms with E-state index in [9.17, 15) is 0 Å². The summed E-state index contributed by atoms with van der Waals surface area (Å²) in [7, 11) is 1.51. The number of nitrogens with two attached hydrogens (primary N) is 1. The molecule has 0 saturated carbocycles. The topological polar surface area (TPSA) is 61.0 Å². The molecule has 0 bridgehead atoms. The summed E-state index contributed by atoms with van der Waals surface area (Å²) in [6.07, 6.45) is 0. The van der Waals surface area contributed by atoms with Crippen molar-refractivity contribution in [2.45, 2.75) is 0 Å². The van der Waals surface area contributed by atoms with Crippen molar-refractivity contribution in [2.24, 2.45) is 0 Å². The standard InChI is InChI=1S/C3H5N3OS/c1-7-3-2(4)5-8-6-3/h1H3,(H2,4,5). The van der Waals surface area contributed by atoms with E-state index >= 15 is 0 Å². The molecule has 1 aromatic rings. The van der Waals surface area contributed by atoms with Crippen molar-refractivity contribution < 1.29 is 4.74 Å². The average Bonchev–Trinajstić information content (AvgIpc) is 2.14. The van der Waals surface area contributed by atoms with Crippen molar-refractivity contribution >= 4 is 17.5 Å². The summed E-state index contributed by atoms with van der Waals surface area (Å²) in [6.45, 7) is 0. The Labute approximate surface area is 50.6 Å². The van der Waals surface area contributed by atoms with Gasteiger partial charge in [-0.25, -0.2) is 0 Å². The van der Waals surface area contributed by atoms with Gasteiger partial charge in [-0.1, -0.05) is 0 Å². The molecule has 0 fully saturated rings. The van der Waals surface area contributed by atoms with E-state index in [-0.39, 0.29) is 0 Å². The normalized spacial score (nSPS) is 9.12. The van der Waals surface area contributed by atoms with E-state index in [1.54, 1.807) is 0 Å². The van der Waals surface area contributed by atoms with Gasteiger partial charge in [0.25, 0.3) is 5.88 Å². The number of nitrogens with zero attached hydrogens (tertiary/aromatic N) is 2. The SMILES string of the molecule is COc1nsnc1N. The monoisotopic (exact) mass is 131 g/mol. The molecule has 0 aliphatic rings. The number of methoxy groups -OCH3 is 1. The molecule has 0 aromatic carbocycles. The van der Waals surface area contributed by atoms with Crippen LogP contribution in [0.15, 0.2) is 0 Å². The molecule has 4 nitrogen and oxygen atoms in total. The second kappa shape index (κ2) is 1.95. The van der Waals surface area contributed by atoms with Gasteiger partial charge < -0.3 is 10.5 Å². The highest BCUT2D eigenvalue weighted by Crippen LogP contribution is 2.14. The van der Waals surface area contributed by atoms with Crippen LogP contribution < -0.4 is 10.5 Å². The molecule has 1 aromatic heterocycles. The fourth-order valence-electron chi connectivity index (χ4n) is 0.329. The number of rotatable bonds is 1. The molecule has 0 aliphatic carbocycles. The minimum atomic E-state index is 0.359. The molecule has 0 radical (unpaired) electrons. The van der Waals surface area contributed by atoms with Crippen LogP contribution in [0.2, 0.25) is 0 Å². The Kier molecular flexibility index (Phi) is 1.29. The third kappa shape index (κ3) is 0.717. The number of ether oxygens (including phenoxy) is 1. The maximum Gasteiger partial charge on any atom is 0.270 e. The smallest absolute Gasteiger partial charge is 0.270 e. The zero-order chi connectivity index (χ0) is 5.98. The molecule has 1 heterocycles. The van der Waals surface area contributed by atoms with Gasteiger partial charge in [-0.05, 0) is 0 Å². The number of hydrogen-bond donors (Lipinski definition) is 1. The number of nitrogen functional groups attached to an aromatic ring is 1. The molecular weight excluding hydrogens is 126 g/mol. The van der Waals surface area contributed by atoms with Gasteiger partial charge >= 0.3 is 0 Å². The maximum absolute atomic E-state index is 5.26. The van der Waals surface area contributed by atoms with Crippen molar-refractivity contribution in [3.63, 3.8) is 0 Å². The van der Waals surface area contributed by atoms with Crippen LogP contribution in [0, 0.1) is 0 Å². The summed E-state index contributed by atoms with van der Waals surface area (Å²) < 4.78 is 12.1. The van der Waals surface area contributed by atoms with Crippen molar-refractivity contribution in [1.29, 1.82) is 0 Å². The third-order valence-electron chi connectivity index (χ3n) is 0.675. The highest BCUT2D eigenvalue weighted by atomic mass is 32.1. The largest absolute Gasteiger partial charge is 0.478 e. The lowest BCUT2D eigenvalue weighted by Crippen LogP contribution is -1.89. The first kappa shape index (κ1) is 5.30. The van der Waals surface area contributed by atoms with Crippen LogP contribution in [0.25, 0.3) is 0 Å². The Bertz CT molecular complexity index is 175. The van der Waals surface area contributed by atoms with Gasteiger partial charge in [-0.3, -0.25) is 0 Å². The van der Waals surface area contributed by atoms with E-state index in [0.29, 0.717) is 11.7 Å². The summed E-state index contributed by atoms with van der Waals surface area (Å²) in [5.74, 6) is 0.771. The van der Waals surface area contributed by atoms with Gasteiger partial charge in [0, 0.05) is 0 Å².